The molecule has 0 bridgehead atoms. The Morgan fingerprint density at radius 3 is 2.52 bits per heavy atom. The molecule has 1 unspecified atom stereocenters. The van der Waals surface area contributed by atoms with Crippen molar-refractivity contribution in [1.82, 2.24) is 5.32 Å². The summed E-state index contributed by atoms with van der Waals surface area (Å²) >= 11 is 5.73. The van der Waals surface area contributed by atoms with Gasteiger partial charge in [-0.15, -0.1) is 0 Å². The molecule has 0 aromatic heterocycles. The zero-order valence-electron chi connectivity index (χ0n) is 10.8. The number of carbonyl (C=O) groups excluding carboxylic acids is 1. The van der Waals surface area contributed by atoms with E-state index in [0.29, 0.717) is 10.6 Å². The molecule has 2 aromatic carbocycles. The summed E-state index contributed by atoms with van der Waals surface area (Å²) < 4.78 is 26.5. The number of aliphatic hydroxyl groups is 1. The monoisotopic (exact) mass is 311 g/mol. The molecule has 110 valence electrons. The van der Waals surface area contributed by atoms with E-state index < -0.39 is 29.2 Å². The minimum Gasteiger partial charge on any atom is -0.387 e. The second-order valence-electron chi connectivity index (χ2n) is 4.38. The molecule has 3 nitrogen and oxygen atoms in total. The molecule has 0 fully saturated rings. The maximum atomic E-state index is 13.4. The topological polar surface area (TPSA) is 49.3 Å². The lowest BCUT2D eigenvalue weighted by Crippen LogP contribution is -2.29. The lowest BCUT2D eigenvalue weighted by molar-refractivity contribution is 0.0911. The van der Waals surface area contributed by atoms with Crippen LogP contribution in [0.5, 0.6) is 0 Å². The Morgan fingerprint density at radius 2 is 1.86 bits per heavy atom. The Bertz CT molecular complexity index is 647. The van der Waals surface area contributed by atoms with Gasteiger partial charge < -0.3 is 10.4 Å². The maximum absolute atomic E-state index is 13.4. The number of rotatable bonds is 4. The molecule has 0 saturated heterocycles. The second-order valence-corrected chi connectivity index (χ2v) is 4.82. The zero-order chi connectivity index (χ0) is 15.4. The fourth-order valence-corrected chi connectivity index (χ4v) is 1.89. The van der Waals surface area contributed by atoms with Gasteiger partial charge in [-0.3, -0.25) is 4.79 Å². The molecular formula is C15H12ClF2NO2. The number of aliphatic hydroxyl groups excluding tert-OH is 1. The molecule has 0 heterocycles. The smallest absolute Gasteiger partial charge is 0.254 e. The van der Waals surface area contributed by atoms with Crippen LogP contribution in [-0.2, 0) is 0 Å². The highest BCUT2D eigenvalue weighted by Crippen LogP contribution is 2.16. The van der Waals surface area contributed by atoms with Crippen LogP contribution < -0.4 is 5.32 Å². The summed E-state index contributed by atoms with van der Waals surface area (Å²) in [5.74, 6) is -3.10. The standard InChI is InChI=1S/C15H12ClF2NO2/c16-10-6-4-9(5-7-10)13(20)8-19-15(21)11-2-1-3-12(17)14(11)18/h1-7,13,20H,8H2,(H,19,21). The molecule has 2 aromatic rings. The average Bonchev–Trinajstić information content (AvgIpc) is 2.48. The van der Waals surface area contributed by atoms with Crippen LogP contribution in [0.15, 0.2) is 42.5 Å². The normalized spacial score (nSPS) is 12.0. The number of carbonyl (C=O) groups is 1. The predicted molar refractivity (Wildman–Crippen MR) is 75.1 cm³/mol. The Kier molecular flexibility index (Phi) is 4.88. The fourth-order valence-electron chi connectivity index (χ4n) is 1.77. The maximum Gasteiger partial charge on any atom is 0.254 e. The SMILES string of the molecule is O=C(NCC(O)c1ccc(Cl)cc1)c1cccc(F)c1F. The molecule has 0 radical (unpaired) electrons. The highest BCUT2D eigenvalue weighted by molar-refractivity contribution is 6.30. The molecule has 21 heavy (non-hydrogen) atoms. The van der Waals surface area contributed by atoms with Gasteiger partial charge in [-0.2, -0.15) is 0 Å². The summed E-state index contributed by atoms with van der Waals surface area (Å²) in [5.41, 5.74) is 0.151. The molecule has 2 rings (SSSR count). The molecule has 0 aliphatic carbocycles. The van der Waals surface area contributed by atoms with Crippen LogP contribution in [0.4, 0.5) is 8.78 Å². The molecule has 0 aliphatic rings. The van der Waals surface area contributed by atoms with Crippen molar-refractivity contribution in [3.05, 3.63) is 70.2 Å². The molecule has 2 N–H and O–H groups in total. The molecule has 6 heteroatoms. The van der Waals surface area contributed by atoms with Crippen molar-refractivity contribution in [1.29, 1.82) is 0 Å². The summed E-state index contributed by atoms with van der Waals surface area (Å²) in [6.45, 7) is -0.129. The van der Waals surface area contributed by atoms with E-state index in [9.17, 15) is 18.7 Å². The van der Waals surface area contributed by atoms with Crippen LogP contribution in [0.25, 0.3) is 0 Å². The Labute approximate surface area is 125 Å². The van der Waals surface area contributed by atoms with E-state index in [1.165, 1.54) is 12.1 Å². The number of nitrogens with one attached hydrogen (secondary N) is 1. The average molecular weight is 312 g/mol. The first kappa shape index (κ1) is 15.4. The predicted octanol–water partition coefficient (Wildman–Crippen LogP) is 3.08. The molecule has 0 saturated carbocycles. The number of halogens is 3. The van der Waals surface area contributed by atoms with Crippen LogP contribution in [0, 0.1) is 11.6 Å². The van der Waals surface area contributed by atoms with Crippen LogP contribution >= 0.6 is 11.6 Å². The summed E-state index contributed by atoms with van der Waals surface area (Å²) in [6, 6.07) is 9.77. The summed E-state index contributed by atoms with van der Waals surface area (Å²) in [7, 11) is 0. The number of amides is 1. The van der Waals surface area contributed by atoms with Crippen LogP contribution in [0.2, 0.25) is 5.02 Å². The summed E-state index contributed by atoms with van der Waals surface area (Å²) in [5, 5.41) is 12.8. The van der Waals surface area contributed by atoms with Crippen molar-refractivity contribution in [3.63, 3.8) is 0 Å². The lowest BCUT2D eigenvalue weighted by atomic mass is 10.1. The Morgan fingerprint density at radius 1 is 1.19 bits per heavy atom. The van der Waals surface area contributed by atoms with Crippen molar-refractivity contribution in [3.8, 4) is 0 Å². The minimum atomic E-state index is -1.21. The van der Waals surface area contributed by atoms with Gasteiger partial charge in [0, 0.05) is 11.6 Å². The number of hydrogen-bond acceptors (Lipinski definition) is 2. The Hall–Kier alpha value is -1.98. The third kappa shape index (κ3) is 3.77. The van der Waals surface area contributed by atoms with Gasteiger partial charge in [0.15, 0.2) is 11.6 Å². The largest absolute Gasteiger partial charge is 0.387 e. The number of hydrogen-bond donors (Lipinski definition) is 2. The second kappa shape index (κ2) is 6.65. The van der Waals surface area contributed by atoms with Crippen molar-refractivity contribution in [2.24, 2.45) is 0 Å². The first-order chi connectivity index (χ1) is 9.99. The molecular weight excluding hydrogens is 300 g/mol. The molecule has 1 amide bonds. The summed E-state index contributed by atoms with van der Waals surface area (Å²) in [4.78, 5) is 11.8. The van der Waals surface area contributed by atoms with Crippen LogP contribution in [0.1, 0.15) is 22.0 Å². The van der Waals surface area contributed by atoms with E-state index in [4.69, 9.17) is 11.6 Å². The first-order valence-electron chi connectivity index (χ1n) is 6.15. The van der Waals surface area contributed by atoms with Crippen molar-refractivity contribution < 1.29 is 18.7 Å². The Balaban J connectivity index is 2.00. The van der Waals surface area contributed by atoms with E-state index in [1.54, 1.807) is 24.3 Å². The highest BCUT2D eigenvalue weighted by atomic mass is 35.5. The molecule has 1 atom stereocenters. The van der Waals surface area contributed by atoms with Gasteiger partial charge in [-0.25, -0.2) is 8.78 Å². The quantitative estimate of drug-likeness (QED) is 0.911. The van der Waals surface area contributed by atoms with E-state index in [1.807, 2.05) is 0 Å². The van der Waals surface area contributed by atoms with Gasteiger partial charge in [0.2, 0.25) is 0 Å². The summed E-state index contributed by atoms with van der Waals surface area (Å²) in [6.07, 6.45) is -0.970. The first-order valence-corrected chi connectivity index (χ1v) is 6.52. The van der Waals surface area contributed by atoms with Crippen LogP contribution in [0.3, 0.4) is 0 Å². The molecule has 0 aliphatic heterocycles. The van der Waals surface area contributed by atoms with Gasteiger partial charge in [0.1, 0.15) is 0 Å². The van der Waals surface area contributed by atoms with E-state index >= 15 is 0 Å². The third-order valence-corrected chi connectivity index (χ3v) is 3.16. The van der Waals surface area contributed by atoms with Crippen molar-refractivity contribution in [2.75, 3.05) is 6.54 Å². The fraction of sp³-hybridized carbons (Fsp3) is 0.133. The van der Waals surface area contributed by atoms with E-state index in [2.05, 4.69) is 5.32 Å². The van der Waals surface area contributed by atoms with Crippen LogP contribution in [-0.4, -0.2) is 17.6 Å². The number of benzene rings is 2. The van der Waals surface area contributed by atoms with Gasteiger partial charge in [0.05, 0.1) is 11.7 Å². The van der Waals surface area contributed by atoms with Gasteiger partial charge in [0.25, 0.3) is 5.91 Å². The third-order valence-electron chi connectivity index (χ3n) is 2.91. The lowest BCUT2D eigenvalue weighted by Gasteiger charge is -2.12. The minimum absolute atomic E-state index is 0.129. The zero-order valence-corrected chi connectivity index (χ0v) is 11.6. The van der Waals surface area contributed by atoms with Crippen molar-refractivity contribution >= 4 is 17.5 Å². The van der Waals surface area contributed by atoms with E-state index in [-0.39, 0.29) is 6.54 Å². The highest BCUT2D eigenvalue weighted by Gasteiger charge is 2.16. The van der Waals surface area contributed by atoms with Gasteiger partial charge in [-0.1, -0.05) is 29.8 Å². The van der Waals surface area contributed by atoms with Crippen molar-refractivity contribution in [2.45, 2.75) is 6.10 Å². The van der Waals surface area contributed by atoms with E-state index in [0.717, 1.165) is 6.07 Å². The molecule has 0 spiro atoms. The van der Waals surface area contributed by atoms with Gasteiger partial charge in [-0.05, 0) is 29.8 Å². The van der Waals surface area contributed by atoms with Gasteiger partial charge >= 0.3 is 0 Å².